The van der Waals surface area contributed by atoms with Gasteiger partial charge in [0.2, 0.25) is 11.7 Å². The van der Waals surface area contributed by atoms with Gasteiger partial charge in [0.25, 0.3) is 0 Å². The van der Waals surface area contributed by atoms with E-state index in [1.165, 1.54) is 0 Å². The van der Waals surface area contributed by atoms with Crippen molar-refractivity contribution >= 4 is 11.6 Å². The molecule has 3 aliphatic rings. The zero-order valence-corrected chi connectivity index (χ0v) is 19.9. The highest BCUT2D eigenvalue weighted by molar-refractivity contribution is 6.31. The first-order valence-corrected chi connectivity index (χ1v) is 12.6. The van der Waals surface area contributed by atoms with Crippen LogP contribution in [0.2, 0.25) is 5.02 Å². The molecule has 180 valence electrons. The average Bonchev–Trinajstić information content (AvgIpc) is 3.67. The van der Waals surface area contributed by atoms with Crippen LogP contribution in [0.4, 0.5) is 0 Å². The third-order valence-electron chi connectivity index (χ3n) is 7.17. The van der Waals surface area contributed by atoms with Crippen LogP contribution in [0.15, 0.2) is 35.2 Å². The third-order valence-corrected chi connectivity index (χ3v) is 7.41. The third kappa shape index (κ3) is 3.78. The number of nitrogens with zero attached hydrogens (tertiary/aromatic N) is 6. The monoisotopic (exact) mass is 492 g/mol. The number of halogens is 1. The van der Waals surface area contributed by atoms with Crippen LogP contribution < -0.4 is 0 Å². The molecule has 1 atom stereocenters. The lowest BCUT2D eigenvalue weighted by atomic mass is 10.0. The molecule has 0 saturated carbocycles. The molecule has 1 aromatic carbocycles. The Morgan fingerprint density at radius 1 is 1.09 bits per heavy atom. The van der Waals surface area contributed by atoms with Crippen LogP contribution in [-0.2, 0) is 22.4 Å². The summed E-state index contributed by atoms with van der Waals surface area (Å²) in [5.74, 6) is 1.42. The van der Waals surface area contributed by atoms with Gasteiger partial charge >= 0.3 is 0 Å². The van der Waals surface area contributed by atoms with Gasteiger partial charge in [0, 0.05) is 54.5 Å². The van der Waals surface area contributed by atoms with Crippen molar-refractivity contribution in [1.29, 1.82) is 0 Å². The second kappa shape index (κ2) is 8.58. The van der Waals surface area contributed by atoms with Crippen molar-refractivity contribution in [1.82, 2.24) is 29.5 Å². The van der Waals surface area contributed by atoms with Crippen LogP contribution >= 0.6 is 11.6 Å². The minimum atomic E-state index is 0.210. The molecule has 0 radical (unpaired) electrons. The number of hydrogen-bond donors (Lipinski definition) is 0. The topological polar surface area (TPSA) is 93.0 Å². The fourth-order valence-electron chi connectivity index (χ4n) is 5.38. The van der Waals surface area contributed by atoms with Crippen molar-refractivity contribution < 1.29 is 14.0 Å². The predicted molar refractivity (Wildman–Crippen MR) is 128 cm³/mol. The maximum absolute atomic E-state index is 6.42. The largest absolute Gasteiger partial charge is 0.381 e. The summed E-state index contributed by atoms with van der Waals surface area (Å²) in [6.07, 6.45) is 8.76. The number of rotatable bonds is 4. The van der Waals surface area contributed by atoms with E-state index in [0.717, 1.165) is 85.9 Å². The second-order valence-corrected chi connectivity index (χ2v) is 9.89. The Kier molecular flexibility index (Phi) is 5.22. The molecular formula is C25H25ClN6O3. The summed E-state index contributed by atoms with van der Waals surface area (Å²) in [6.45, 7) is 3.02. The van der Waals surface area contributed by atoms with E-state index in [1.807, 2.05) is 29.2 Å². The number of imidazole rings is 1. The smallest absolute Gasteiger partial charge is 0.230 e. The van der Waals surface area contributed by atoms with E-state index in [4.69, 9.17) is 40.7 Å². The van der Waals surface area contributed by atoms with E-state index in [1.54, 1.807) is 0 Å². The summed E-state index contributed by atoms with van der Waals surface area (Å²) in [6, 6.07) is 5.89. The number of hydrogen-bond acceptors (Lipinski definition) is 7. The molecule has 2 saturated heterocycles. The van der Waals surface area contributed by atoms with Crippen LogP contribution in [0.1, 0.15) is 48.7 Å². The molecule has 7 rings (SSSR count). The fraction of sp³-hybridized carbons (Fsp3) is 0.440. The number of benzene rings is 1. The van der Waals surface area contributed by atoms with Crippen molar-refractivity contribution in [3.63, 3.8) is 0 Å². The molecular weight excluding hydrogens is 468 g/mol. The molecule has 0 amide bonds. The molecule has 4 aromatic rings. The molecule has 9 nitrogen and oxygen atoms in total. The highest BCUT2D eigenvalue weighted by atomic mass is 35.5. The first kappa shape index (κ1) is 21.3. The summed E-state index contributed by atoms with van der Waals surface area (Å²) in [5, 5.41) is 9.95. The van der Waals surface area contributed by atoms with Crippen molar-refractivity contribution in [2.75, 3.05) is 19.8 Å². The van der Waals surface area contributed by atoms with Gasteiger partial charge in [-0.25, -0.2) is 4.98 Å². The van der Waals surface area contributed by atoms with E-state index in [9.17, 15) is 0 Å². The molecule has 35 heavy (non-hydrogen) atoms. The summed E-state index contributed by atoms with van der Waals surface area (Å²) in [4.78, 5) is 9.47. The summed E-state index contributed by atoms with van der Waals surface area (Å²) in [5.41, 5.74) is 5.75. The molecule has 0 aliphatic carbocycles. The molecule has 3 aromatic heterocycles. The Morgan fingerprint density at radius 2 is 2.00 bits per heavy atom. The van der Waals surface area contributed by atoms with Crippen LogP contribution in [0.5, 0.6) is 0 Å². The second-order valence-electron chi connectivity index (χ2n) is 9.45. The standard InChI is InChI=1S/C25H25ClN6O3/c26-17-3-4-20-19(11-17)22-16(12-31(29-22)13-18-2-1-7-34-18)10-21-23(27-14-32(20)21)24-28-25(35-30-24)15-5-8-33-9-6-15/h3-4,11-12,14-15,18H,1-2,5-10,13H2. The van der Waals surface area contributed by atoms with Gasteiger partial charge in [-0.15, -0.1) is 0 Å². The summed E-state index contributed by atoms with van der Waals surface area (Å²) < 4.78 is 21.1. The quantitative estimate of drug-likeness (QED) is 0.366. The Bertz CT molecular complexity index is 1380. The zero-order valence-electron chi connectivity index (χ0n) is 19.2. The van der Waals surface area contributed by atoms with Gasteiger partial charge in [0.15, 0.2) is 0 Å². The molecule has 1 unspecified atom stereocenters. The van der Waals surface area contributed by atoms with Gasteiger partial charge < -0.3 is 18.6 Å². The Labute approximate surface area is 207 Å². The molecule has 2 fully saturated rings. The van der Waals surface area contributed by atoms with Crippen LogP contribution in [-0.4, -0.2) is 55.4 Å². The Balaban J connectivity index is 1.30. The van der Waals surface area contributed by atoms with Gasteiger partial charge in [-0.2, -0.15) is 10.1 Å². The number of ether oxygens (including phenoxy) is 2. The molecule has 3 aliphatic heterocycles. The molecule has 10 heteroatoms. The van der Waals surface area contributed by atoms with Crippen LogP contribution in [0.25, 0.3) is 28.5 Å². The van der Waals surface area contributed by atoms with Crippen molar-refractivity contribution in [2.45, 2.75) is 50.7 Å². The van der Waals surface area contributed by atoms with Crippen molar-refractivity contribution in [3.8, 4) is 28.5 Å². The van der Waals surface area contributed by atoms with Gasteiger partial charge in [-0.3, -0.25) is 4.68 Å². The molecule has 0 bridgehead atoms. The molecule has 6 heterocycles. The zero-order chi connectivity index (χ0) is 23.4. The van der Waals surface area contributed by atoms with Crippen LogP contribution in [0, 0.1) is 0 Å². The lowest BCUT2D eigenvalue weighted by Gasteiger charge is -2.17. The van der Waals surface area contributed by atoms with E-state index in [2.05, 4.69) is 15.9 Å². The van der Waals surface area contributed by atoms with Crippen molar-refractivity contribution in [3.05, 3.63) is 52.9 Å². The Hall–Kier alpha value is -3.01. The van der Waals surface area contributed by atoms with Gasteiger partial charge in [0.1, 0.15) is 12.0 Å². The van der Waals surface area contributed by atoms with E-state index in [-0.39, 0.29) is 12.0 Å². The number of aromatic nitrogens is 6. The highest BCUT2D eigenvalue weighted by Crippen LogP contribution is 2.38. The minimum absolute atomic E-state index is 0.210. The van der Waals surface area contributed by atoms with Gasteiger partial charge in [0.05, 0.1) is 29.7 Å². The molecule has 0 spiro atoms. The first-order valence-electron chi connectivity index (χ1n) is 12.2. The molecule has 0 N–H and O–H groups in total. The summed E-state index contributed by atoms with van der Waals surface area (Å²) in [7, 11) is 0. The van der Waals surface area contributed by atoms with Crippen molar-refractivity contribution in [2.24, 2.45) is 0 Å². The van der Waals surface area contributed by atoms with Crippen LogP contribution in [0.3, 0.4) is 0 Å². The SMILES string of the molecule is Clc1ccc2c(c1)-c1nn(CC3CCCO3)cc1Cc1c(-c3noc(C4CCOCC4)n3)ncn1-2. The maximum Gasteiger partial charge on any atom is 0.230 e. The van der Waals surface area contributed by atoms with E-state index < -0.39 is 0 Å². The van der Waals surface area contributed by atoms with E-state index >= 15 is 0 Å². The lowest BCUT2D eigenvalue weighted by Crippen LogP contribution is -2.15. The lowest BCUT2D eigenvalue weighted by molar-refractivity contribution is 0.0778. The van der Waals surface area contributed by atoms with E-state index in [0.29, 0.717) is 23.2 Å². The first-order chi connectivity index (χ1) is 17.2. The number of fused-ring (bicyclic) bond motifs is 5. The highest BCUT2D eigenvalue weighted by Gasteiger charge is 2.29. The Morgan fingerprint density at radius 3 is 2.86 bits per heavy atom. The predicted octanol–water partition coefficient (Wildman–Crippen LogP) is 4.42. The summed E-state index contributed by atoms with van der Waals surface area (Å²) >= 11 is 6.42. The maximum atomic E-state index is 6.42. The normalized spacial score (nSPS) is 19.9. The fourth-order valence-corrected chi connectivity index (χ4v) is 5.55. The average molecular weight is 493 g/mol. The van der Waals surface area contributed by atoms with Gasteiger partial charge in [-0.05, 0) is 43.9 Å². The van der Waals surface area contributed by atoms with Gasteiger partial charge in [-0.1, -0.05) is 16.8 Å². The minimum Gasteiger partial charge on any atom is -0.381 e.